The van der Waals surface area contributed by atoms with E-state index in [4.69, 9.17) is 7.96 Å². The summed E-state index contributed by atoms with van der Waals surface area (Å²) in [4.78, 5) is 0. The molecule has 0 rings (SSSR count). The zero-order valence-electron chi connectivity index (χ0n) is 2.89. The van der Waals surface area contributed by atoms with Crippen molar-refractivity contribution in [1.82, 2.24) is 0 Å². The van der Waals surface area contributed by atoms with Gasteiger partial charge in [-0.1, -0.05) is 0 Å². The molecule has 0 aliphatic heterocycles. The molecule has 0 bridgehead atoms. The summed E-state index contributed by atoms with van der Waals surface area (Å²) in [6.07, 6.45) is 0. The van der Waals surface area contributed by atoms with E-state index in [1.165, 1.54) is 0 Å². The van der Waals surface area contributed by atoms with E-state index in [1.807, 2.05) is 0 Å². The summed E-state index contributed by atoms with van der Waals surface area (Å²) < 4.78 is 16.9. The molecule has 0 atom stereocenters. The van der Waals surface area contributed by atoms with Crippen LogP contribution in [0.25, 0.3) is 0 Å². The molecule has 2 N–H and O–H groups in total. The molecule has 24 valence electrons. The molecule has 0 heterocycles. The third kappa shape index (κ3) is 40.8. The van der Waals surface area contributed by atoms with Crippen LogP contribution in [0.2, 0.25) is 0 Å². The summed E-state index contributed by atoms with van der Waals surface area (Å²) in [5.74, 6) is 0. The maximum atomic E-state index is 8.46. The molecule has 0 saturated carbocycles. The zero-order chi connectivity index (χ0) is 2.71. The van der Waals surface area contributed by atoms with Gasteiger partial charge in [-0.2, -0.15) is 0 Å². The molecule has 0 aromatic rings. The summed E-state index contributed by atoms with van der Waals surface area (Å²) >= 11 is -1.75. The molecule has 0 spiro atoms. The van der Waals surface area contributed by atoms with Gasteiger partial charge in [0, 0.05) is 0 Å². The summed E-state index contributed by atoms with van der Waals surface area (Å²) in [6.45, 7) is 0. The fourth-order valence-corrected chi connectivity index (χ4v) is 0. The summed E-state index contributed by atoms with van der Waals surface area (Å²) in [5, 5.41) is 0. The van der Waals surface area contributed by atoms with Crippen LogP contribution >= 0.6 is 0 Å². The predicted octanol–water partition coefficient (Wildman–Crippen LogP) is -5.51. The van der Waals surface area contributed by atoms with Gasteiger partial charge in [-0.25, -0.2) is 0 Å². The SMILES string of the molecule is O.[Na+].[O]=[Al][O-]. The first-order chi connectivity index (χ1) is 1.41. The monoisotopic (exact) mass is 100.0 g/mol. The van der Waals surface area contributed by atoms with Gasteiger partial charge in [0.05, 0.1) is 0 Å². The first-order valence-corrected chi connectivity index (χ1v) is 1.41. The average molecular weight is 100.0 g/mol. The van der Waals surface area contributed by atoms with Crippen molar-refractivity contribution >= 4 is 15.5 Å². The van der Waals surface area contributed by atoms with Crippen LogP contribution in [0.1, 0.15) is 0 Å². The molecular weight excluding hydrogens is 98.0 g/mol. The molecule has 0 aromatic carbocycles. The third-order valence-corrected chi connectivity index (χ3v) is 0. The molecule has 0 aliphatic rings. The van der Waals surface area contributed by atoms with E-state index in [1.54, 1.807) is 0 Å². The Balaban J connectivity index is -0.0000000200. The van der Waals surface area contributed by atoms with Crippen LogP contribution in [0.15, 0.2) is 0 Å². The molecule has 0 fully saturated rings. The van der Waals surface area contributed by atoms with Crippen molar-refractivity contribution in [3.8, 4) is 0 Å². The predicted molar refractivity (Wildman–Crippen MR) is 10.1 cm³/mol. The summed E-state index contributed by atoms with van der Waals surface area (Å²) in [7, 11) is 0. The normalized spacial score (nSPS) is 1.60. The van der Waals surface area contributed by atoms with Crippen molar-refractivity contribution < 1.29 is 43.0 Å². The molecule has 0 aromatic heterocycles. The number of rotatable bonds is 0. The van der Waals surface area contributed by atoms with Gasteiger partial charge in [-0.05, 0) is 0 Å². The molecule has 0 unspecified atom stereocenters. The van der Waals surface area contributed by atoms with Crippen LogP contribution in [0.5, 0.6) is 0 Å². The van der Waals surface area contributed by atoms with Crippen LogP contribution in [-0.4, -0.2) is 21.0 Å². The van der Waals surface area contributed by atoms with Crippen molar-refractivity contribution in [3.05, 3.63) is 0 Å². The van der Waals surface area contributed by atoms with E-state index < -0.39 is 15.5 Å². The van der Waals surface area contributed by atoms with Crippen LogP contribution in [0.4, 0.5) is 0 Å². The van der Waals surface area contributed by atoms with Crippen LogP contribution in [0, 0.1) is 0 Å². The van der Waals surface area contributed by atoms with Crippen molar-refractivity contribution in [3.63, 3.8) is 0 Å². The van der Waals surface area contributed by atoms with Crippen LogP contribution in [-0.2, 0) is 3.80 Å². The van der Waals surface area contributed by atoms with Gasteiger partial charge in [-0.15, -0.1) is 0 Å². The topological polar surface area (TPSA) is 71.6 Å². The summed E-state index contributed by atoms with van der Waals surface area (Å²) in [5.41, 5.74) is 0. The maximum absolute atomic E-state index is 8.46. The molecule has 5 heteroatoms. The van der Waals surface area contributed by atoms with Gasteiger partial charge in [0.25, 0.3) is 0 Å². The molecule has 0 aliphatic carbocycles. The minimum atomic E-state index is -1.75. The van der Waals surface area contributed by atoms with Crippen molar-refractivity contribution in [2.45, 2.75) is 0 Å². The van der Waals surface area contributed by atoms with Crippen LogP contribution < -0.4 is 33.7 Å². The number of hydrogen-bond donors (Lipinski definition) is 0. The fraction of sp³-hybridized carbons (Fsp3) is 0. The Morgan fingerprint density at radius 1 is 1.60 bits per heavy atom. The Morgan fingerprint density at radius 2 is 1.60 bits per heavy atom. The second-order valence-electron chi connectivity index (χ2n) is 0.0962. The average Bonchev–Trinajstić information content (AvgIpc) is 0.918. The zero-order valence-corrected chi connectivity index (χ0v) is 6.05. The number of hydrogen-bond acceptors (Lipinski definition) is 2. The first-order valence-electron chi connectivity index (χ1n) is 0.471. The van der Waals surface area contributed by atoms with E-state index in [2.05, 4.69) is 0 Å². The Labute approximate surface area is 58.2 Å². The van der Waals surface area contributed by atoms with Gasteiger partial charge >= 0.3 is 53.0 Å². The fourth-order valence-electron chi connectivity index (χ4n) is 0. The molecular formula is H2AlNaO3. The van der Waals surface area contributed by atoms with Crippen molar-refractivity contribution in [1.29, 1.82) is 0 Å². The van der Waals surface area contributed by atoms with Crippen molar-refractivity contribution in [2.75, 3.05) is 0 Å². The minimum absolute atomic E-state index is 0. The molecule has 0 saturated heterocycles. The molecule has 0 amide bonds. The van der Waals surface area contributed by atoms with Gasteiger partial charge in [0.15, 0.2) is 0 Å². The van der Waals surface area contributed by atoms with E-state index >= 15 is 0 Å². The Kier molecular flexibility index (Phi) is 64.4. The quantitative estimate of drug-likeness (QED) is 0.285. The summed E-state index contributed by atoms with van der Waals surface area (Å²) in [6, 6.07) is 0. The van der Waals surface area contributed by atoms with E-state index in [9.17, 15) is 0 Å². The Morgan fingerprint density at radius 3 is 1.60 bits per heavy atom. The molecule has 5 heavy (non-hydrogen) atoms. The van der Waals surface area contributed by atoms with Crippen LogP contribution in [0.3, 0.4) is 0 Å². The van der Waals surface area contributed by atoms with Gasteiger partial charge in [0.1, 0.15) is 0 Å². The molecule has 3 nitrogen and oxygen atoms in total. The van der Waals surface area contributed by atoms with Crippen molar-refractivity contribution in [2.24, 2.45) is 0 Å². The third-order valence-electron chi connectivity index (χ3n) is 0. The van der Waals surface area contributed by atoms with E-state index in [0.29, 0.717) is 0 Å². The second kappa shape index (κ2) is 19.5. The second-order valence-corrected chi connectivity index (χ2v) is 0.289. The van der Waals surface area contributed by atoms with Gasteiger partial charge in [-0.3, -0.25) is 0 Å². The van der Waals surface area contributed by atoms with E-state index in [0.717, 1.165) is 0 Å². The first kappa shape index (κ1) is 16.5. The van der Waals surface area contributed by atoms with Gasteiger partial charge in [0.2, 0.25) is 0 Å². The molecule has 0 radical (unpaired) electrons. The van der Waals surface area contributed by atoms with E-state index in [-0.39, 0.29) is 35.0 Å². The standard InChI is InChI=1S/Al.Na.H2O.2O/h;;1H2;;/q;+1;;;-1. The Hall–Kier alpha value is 1.09. The van der Waals surface area contributed by atoms with Gasteiger partial charge < -0.3 is 5.48 Å². The Bertz CT molecular complexity index is 14.4.